The Kier molecular flexibility index (Phi) is 5.84. The molecule has 0 aromatic heterocycles. The number of carbonyl (C=O) groups is 1. The van der Waals surface area contributed by atoms with Crippen molar-refractivity contribution in [2.45, 2.75) is 20.8 Å². The Morgan fingerprint density at radius 3 is 2.64 bits per heavy atom. The number of benzene rings is 2. The van der Waals surface area contributed by atoms with Crippen LogP contribution in [-0.2, 0) is 0 Å². The van der Waals surface area contributed by atoms with E-state index in [9.17, 15) is 14.9 Å². The van der Waals surface area contributed by atoms with Crippen LogP contribution >= 0.6 is 0 Å². The molecule has 2 aromatic carbocycles. The lowest BCUT2D eigenvalue weighted by Gasteiger charge is -2.07. The van der Waals surface area contributed by atoms with E-state index in [1.165, 1.54) is 12.1 Å². The third kappa shape index (κ3) is 4.63. The Morgan fingerprint density at radius 1 is 1.24 bits per heavy atom. The summed E-state index contributed by atoms with van der Waals surface area (Å²) < 4.78 is 5.25. The minimum absolute atomic E-state index is 0.140. The smallest absolute Gasteiger partial charge is 0.311 e. The molecule has 0 radical (unpaired) electrons. The van der Waals surface area contributed by atoms with Crippen LogP contribution in [0, 0.1) is 17.0 Å². The van der Waals surface area contributed by atoms with Crippen LogP contribution in [0.2, 0.25) is 0 Å². The molecule has 0 atom stereocenters. The Hall–Kier alpha value is -3.22. The van der Waals surface area contributed by atoms with Crippen molar-refractivity contribution in [3.8, 4) is 5.75 Å². The Morgan fingerprint density at radius 2 is 2.00 bits per heavy atom. The van der Waals surface area contributed by atoms with Crippen molar-refractivity contribution >= 4 is 17.3 Å². The number of ether oxygens (including phenoxy) is 1. The molecular formula is C18H19N3O4. The molecule has 2 rings (SSSR count). The second-order valence-corrected chi connectivity index (χ2v) is 5.38. The van der Waals surface area contributed by atoms with E-state index in [4.69, 9.17) is 4.74 Å². The van der Waals surface area contributed by atoms with Crippen LogP contribution in [0.15, 0.2) is 47.6 Å². The van der Waals surface area contributed by atoms with Gasteiger partial charge in [0, 0.05) is 17.2 Å². The summed E-state index contributed by atoms with van der Waals surface area (Å²) in [6.45, 7) is 5.64. The molecule has 1 amide bonds. The zero-order chi connectivity index (χ0) is 18.4. The maximum atomic E-state index is 12.1. The summed E-state index contributed by atoms with van der Waals surface area (Å²) in [5.74, 6) is -0.142. The van der Waals surface area contributed by atoms with Gasteiger partial charge in [-0.3, -0.25) is 14.9 Å². The van der Waals surface area contributed by atoms with Crippen molar-refractivity contribution in [2.24, 2.45) is 5.10 Å². The number of rotatable bonds is 6. The summed E-state index contributed by atoms with van der Waals surface area (Å²) in [5, 5.41) is 15.2. The zero-order valence-electron chi connectivity index (χ0n) is 14.3. The predicted molar refractivity (Wildman–Crippen MR) is 95.1 cm³/mol. The van der Waals surface area contributed by atoms with Crippen LogP contribution in [0.1, 0.15) is 35.3 Å². The number of aryl methyl sites for hydroxylation is 1. The molecular weight excluding hydrogens is 322 g/mol. The minimum Gasteiger partial charge on any atom is -0.487 e. The predicted octanol–water partition coefficient (Wildman–Crippen LogP) is 3.46. The zero-order valence-corrected chi connectivity index (χ0v) is 14.3. The maximum absolute atomic E-state index is 12.1. The molecule has 0 unspecified atom stereocenters. The first-order chi connectivity index (χ1) is 11.9. The lowest BCUT2D eigenvalue weighted by Crippen LogP contribution is -2.19. The number of nitrogens with one attached hydrogen (secondary N) is 1. The molecule has 2 aromatic rings. The largest absolute Gasteiger partial charge is 0.487 e. The monoisotopic (exact) mass is 341 g/mol. The first kappa shape index (κ1) is 18.1. The van der Waals surface area contributed by atoms with Gasteiger partial charge >= 0.3 is 5.69 Å². The fourth-order valence-electron chi connectivity index (χ4n) is 2.21. The first-order valence-electron chi connectivity index (χ1n) is 7.75. The van der Waals surface area contributed by atoms with Crippen LogP contribution in [0.5, 0.6) is 5.75 Å². The van der Waals surface area contributed by atoms with Gasteiger partial charge < -0.3 is 4.74 Å². The highest BCUT2D eigenvalue weighted by Gasteiger charge is 2.16. The average molecular weight is 341 g/mol. The summed E-state index contributed by atoms with van der Waals surface area (Å²) >= 11 is 0. The average Bonchev–Trinajstić information content (AvgIpc) is 2.59. The second-order valence-electron chi connectivity index (χ2n) is 5.38. The SMILES string of the molecule is CCOc1ccc(/C(C)=N\NC(=O)c2cccc(C)c2)cc1[N+](=O)[O-]. The summed E-state index contributed by atoms with van der Waals surface area (Å²) in [6, 6.07) is 11.7. The summed E-state index contributed by atoms with van der Waals surface area (Å²) in [4.78, 5) is 22.8. The van der Waals surface area contributed by atoms with Gasteiger partial charge in [-0.1, -0.05) is 17.7 Å². The molecule has 0 spiro atoms. The molecule has 1 N–H and O–H groups in total. The highest BCUT2D eigenvalue weighted by molar-refractivity contribution is 6.01. The third-order valence-electron chi connectivity index (χ3n) is 3.48. The van der Waals surface area contributed by atoms with Gasteiger partial charge in [0.05, 0.1) is 17.2 Å². The van der Waals surface area contributed by atoms with Gasteiger partial charge in [0.25, 0.3) is 5.91 Å². The molecule has 0 saturated heterocycles. The molecule has 130 valence electrons. The van der Waals surface area contributed by atoms with E-state index in [0.29, 0.717) is 23.4 Å². The lowest BCUT2D eigenvalue weighted by atomic mass is 10.1. The molecule has 0 heterocycles. The number of amides is 1. The van der Waals surface area contributed by atoms with Gasteiger partial charge in [0.1, 0.15) is 0 Å². The molecule has 7 heteroatoms. The van der Waals surface area contributed by atoms with Crippen molar-refractivity contribution < 1.29 is 14.5 Å². The van der Waals surface area contributed by atoms with Crippen LogP contribution in [0.3, 0.4) is 0 Å². The second kappa shape index (κ2) is 8.05. The Bertz CT molecular complexity index is 831. The summed E-state index contributed by atoms with van der Waals surface area (Å²) in [6.07, 6.45) is 0. The van der Waals surface area contributed by atoms with Gasteiger partial charge in [0.2, 0.25) is 0 Å². The van der Waals surface area contributed by atoms with E-state index in [0.717, 1.165) is 5.56 Å². The van der Waals surface area contributed by atoms with Crippen molar-refractivity contribution in [3.63, 3.8) is 0 Å². The lowest BCUT2D eigenvalue weighted by molar-refractivity contribution is -0.385. The van der Waals surface area contributed by atoms with Crippen molar-refractivity contribution in [1.29, 1.82) is 0 Å². The Balaban J connectivity index is 2.20. The van der Waals surface area contributed by atoms with E-state index in [-0.39, 0.29) is 17.3 Å². The molecule has 0 saturated carbocycles. The van der Waals surface area contributed by atoms with E-state index >= 15 is 0 Å². The topological polar surface area (TPSA) is 93.8 Å². The number of nitro benzene ring substituents is 1. The fraction of sp³-hybridized carbons (Fsp3) is 0.222. The number of hydrogen-bond acceptors (Lipinski definition) is 5. The molecule has 0 aliphatic rings. The highest BCUT2D eigenvalue weighted by atomic mass is 16.6. The number of nitro groups is 1. The van der Waals surface area contributed by atoms with Gasteiger partial charge in [0.15, 0.2) is 5.75 Å². The number of nitrogens with zero attached hydrogens (tertiary/aromatic N) is 2. The fourth-order valence-corrected chi connectivity index (χ4v) is 2.21. The molecule has 0 fully saturated rings. The number of hydrogen-bond donors (Lipinski definition) is 1. The van der Waals surface area contributed by atoms with Gasteiger partial charge in [-0.05, 0) is 45.0 Å². The quantitative estimate of drug-likeness (QED) is 0.494. The van der Waals surface area contributed by atoms with Gasteiger partial charge in [-0.25, -0.2) is 5.43 Å². The molecule has 25 heavy (non-hydrogen) atoms. The molecule has 0 aliphatic heterocycles. The molecule has 0 bridgehead atoms. The number of carbonyl (C=O) groups excluding carboxylic acids is 1. The minimum atomic E-state index is -0.507. The van der Waals surface area contributed by atoms with Crippen LogP contribution in [-0.4, -0.2) is 23.1 Å². The van der Waals surface area contributed by atoms with Crippen LogP contribution in [0.4, 0.5) is 5.69 Å². The van der Waals surface area contributed by atoms with Crippen molar-refractivity contribution in [2.75, 3.05) is 6.61 Å². The van der Waals surface area contributed by atoms with Gasteiger partial charge in [-0.2, -0.15) is 5.10 Å². The van der Waals surface area contributed by atoms with Crippen molar-refractivity contribution in [1.82, 2.24) is 5.43 Å². The van der Waals surface area contributed by atoms with Gasteiger partial charge in [-0.15, -0.1) is 0 Å². The molecule has 7 nitrogen and oxygen atoms in total. The third-order valence-corrected chi connectivity index (χ3v) is 3.48. The van der Waals surface area contributed by atoms with E-state index in [1.54, 1.807) is 38.1 Å². The van der Waals surface area contributed by atoms with E-state index in [1.807, 2.05) is 13.0 Å². The van der Waals surface area contributed by atoms with E-state index < -0.39 is 4.92 Å². The van der Waals surface area contributed by atoms with Crippen molar-refractivity contribution in [3.05, 3.63) is 69.3 Å². The van der Waals surface area contributed by atoms with E-state index in [2.05, 4.69) is 10.5 Å². The maximum Gasteiger partial charge on any atom is 0.311 e. The molecule has 0 aliphatic carbocycles. The van der Waals surface area contributed by atoms with Crippen LogP contribution < -0.4 is 10.2 Å². The highest BCUT2D eigenvalue weighted by Crippen LogP contribution is 2.28. The summed E-state index contributed by atoms with van der Waals surface area (Å²) in [5.41, 5.74) is 4.76. The first-order valence-corrected chi connectivity index (χ1v) is 7.75. The normalized spacial score (nSPS) is 11.1. The van der Waals surface area contributed by atoms with Crippen LogP contribution in [0.25, 0.3) is 0 Å². The Labute approximate surface area is 145 Å². The number of hydrazone groups is 1. The summed E-state index contributed by atoms with van der Waals surface area (Å²) in [7, 11) is 0. The standard InChI is InChI=1S/C18H19N3O4/c1-4-25-17-9-8-14(11-16(17)21(23)24)13(3)19-20-18(22)15-7-5-6-12(2)10-15/h5-11H,4H2,1-3H3,(H,20,22)/b19-13-.